The molecular formula is C11H19N5O. The summed E-state index contributed by atoms with van der Waals surface area (Å²) in [6, 6.07) is 0. The molecule has 2 heterocycles. The molecule has 0 spiro atoms. The number of amides is 1. The normalized spacial score (nSPS) is 23.8. The van der Waals surface area contributed by atoms with Crippen LogP contribution >= 0.6 is 0 Å². The summed E-state index contributed by atoms with van der Waals surface area (Å²) in [6.07, 6.45) is 4.36. The van der Waals surface area contributed by atoms with Crippen molar-refractivity contribution >= 4 is 5.91 Å². The molecule has 6 heteroatoms. The van der Waals surface area contributed by atoms with Crippen LogP contribution in [0.3, 0.4) is 0 Å². The van der Waals surface area contributed by atoms with E-state index >= 15 is 0 Å². The third-order valence-electron chi connectivity index (χ3n) is 3.19. The average Bonchev–Trinajstić information content (AvgIpc) is 2.95. The molecule has 1 aromatic rings. The van der Waals surface area contributed by atoms with Crippen molar-refractivity contribution in [1.29, 1.82) is 0 Å². The van der Waals surface area contributed by atoms with Crippen molar-refractivity contribution in [2.45, 2.75) is 19.9 Å². The summed E-state index contributed by atoms with van der Waals surface area (Å²) in [5.41, 5.74) is 0. The fourth-order valence-electron chi connectivity index (χ4n) is 2.10. The van der Waals surface area contributed by atoms with Gasteiger partial charge in [-0.05, 0) is 18.9 Å². The van der Waals surface area contributed by atoms with Gasteiger partial charge in [-0.25, -0.2) is 0 Å². The average molecular weight is 237 g/mol. The molecule has 0 aliphatic carbocycles. The number of hydrogen-bond donors (Lipinski definition) is 2. The van der Waals surface area contributed by atoms with Crippen molar-refractivity contribution in [3.8, 4) is 0 Å². The molecule has 1 aliphatic heterocycles. The van der Waals surface area contributed by atoms with Crippen molar-refractivity contribution in [2.75, 3.05) is 19.6 Å². The van der Waals surface area contributed by atoms with Gasteiger partial charge in [0.15, 0.2) is 0 Å². The van der Waals surface area contributed by atoms with Crippen LogP contribution in [0, 0.1) is 11.8 Å². The van der Waals surface area contributed by atoms with E-state index in [9.17, 15) is 4.79 Å². The smallest absolute Gasteiger partial charge is 0.224 e. The zero-order valence-corrected chi connectivity index (χ0v) is 10.1. The van der Waals surface area contributed by atoms with Crippen LogP contribution in [0.25, 0.3) is 0 Å². The zero-order valence-electron chi connectivity index (χ0n) is 10.1. The monoisotopic (exact) mass is 237 g/mol. The first kappa shape index (κ1) is 12.0. The van der Waals surface area contributed by atoms with Crippen molar-refractivity contribution in [1.82, 2.24) is 25.6 Å². The van der Waals surface area contributed by atoms with Crippen molar-refractivity contribution in [3.63, 3.8) is 0 Å². The van der Waals surface area contributed by atoms with Gasteiger partial charge < -0.3 is 10.6 Å². The molecular weight excluding hydrogens is 218 g/mol. The Balaban J connectivity index is 1.63. The second kappa shape index (κ2) is 5.77. The second-order valence-electron chi connectivity index (χ2n) is 4.55. The maximum atomic E-state index is 11.8. The minimum atomic E-state index is 0.126. The summed E-state index contributed by atoms with van der Waals surface area (Å²) in [5, 5.41) is 13.8. The van der Waals surface area contributed by atoms with Crippen LogP contribution in [0.5, 0.6) is 0 Å². The van der Waals surface area contributed by atoms with Crippen molar-refractivity contribution < 1.29 is 4.79 Å². The number of carbonyl (C=O) groups is 1. The molecule has 0 unspecified atom stereocenters. The van der Waals surface area contributed by atoms with Crippen LogP contribution in [-0.2, 0) is 11.3 Å². The van der Waals surface area contributed by atoms with Gasteiger partial charge in [-0.3, -0.25) is 9.48 Å². The highest BCUT2D eigenvalue weighted by Gasteiger charge is 2.28. The van der Waals surface area contributed by atoms with E-state index in [0.29, 0.717) is 12.5 Å². The molecule has 2 rings (SSSR count). The standard InChI is InChI=1S/C11H19N5O/c1-9-7-12-8-10(9)11(17)13-3-2-5-16-6-4-14-15-16/h4,6,9-10,12H,2-3,5,7-8H2,1H3,(H,13,17)/t9-,10-/m1/s1. The Morgan fingerprint density at radius 2 is 2.47 bits per heavy atom. The third kappa shape index (κ3) is 3.26. The lowest BCUT2D eigenvalue weighted by atomic mass is 9.97. The van der Waals surface area contributed by atoms with Gasteiger partial charge in [0, 0.05) is 25.8 Å². The van der Waals surface area contributed by atoms with E-state index in [0.717, 1.165) is 26.1 Å². The van der Waals surface area contributed by atoms with Gasteiger partial charge in [0.25, 0.3) is 0 Å². The van der Waals surface area contributed by atoms with Crippen LogP contribution < -0.4 is 10.6 Å². The topological polar surface area (TPSA) is 71.8 Å². The van der Waals surface area contributed by atoms with E-state index in [2.05, 4.69) is 27.9 Å². The number of aryl methyl sites for hydroxylation is 1. The fraction of sp³-hybridized carbons (Fsp3) is 0.727. The summed E-state index contributed by atoms with van der Waals surface area (Å²) < 4.78 is 1.77. The van der Waals surface area contributed by atoms with Gasteiger partial charge in [0.05, 0.1) is 12.1 Å². The van der Waals surface area contributed by atoms with Gasteiger partial charge in [0.1, 0.15) is 0 Å². The van der Waals surface area contributed by atoms with E-state index in [1.165, 1.54) is 0 Å². The Labute approximate surface area is 101 Å². The van der Waals surface area contributed by atoms with Crippen LogP contribution in [0.15, 0.2) is 12.4 Å². The molecule has 1 fully saturated rings. The highest BCUT2D eigenvalue weighted by atomic mass is 16.1. The lowest BCUT2D eigenvalue weighted by molar-refractivity contribution is -0.125. The number of carbonyl (C=O) groups excluding carboxylic acids is 1. The van der Waals surface area contributed by atoms with Gasteiger partial charge in [-0.15, -0.1) is 5.10 Å². The van der Waals surface area contributed by atoms with Crippen LogP contribution in [-0.4, -0.2) is 40.5 Å². The first-order valence-corrected chi connectivity index (χ1v) is 6.10. The van der Waals surface area contributed by atoms with Crippen molar-refractivity contribution in [3.05, 3.63) is 12.4 Å². The fourth-order valence-corrected chi connectivity index (χ4v) is 2.10. The Bertz CT molecular complexity index is 351. The molecule has 94 valence electrons. The predicted octanol–water partition coefficient (Wildman–Crippen LogP) is -0.360. The third-order valence-corrected chi connectivity index (χ3v) is 3.19. The van der Waals surface area contributed by atoms with Gasteiger partial charge in [-0.1, -0.05) is 12.1 Å². The summed E-state index contributed by atoms with van der Waals surface area (Å²) in [4.78, 5) is 11.8. The molecule has 1 aliphatic rings. The molecule has 2 N–H and O–H groups in total. The van der Waals surface area contributed by atoms with E-state index in [4.69, 9.17) is 0 Å². The number of nitrogens with one attached hydrogen (secondary N) is 2. The van der Waals surface area contributed by atoms with Crippen LogP contribution in [0.2, 0.25) is 0 Å². The Morgan fingerprint density at radius 3 is 3.12 bits per heavy atom. The summed E-state index contributed by atoms with van der Waals surface area (Å²) >= 11 is 0. The summed E-state index contributed by atoms with van der Waals surface area (Å²) in [5.74, 6) is 0.729. The second-order valence-corrected chi connectivity index (χ2v) is 4.55. The summed E-state index contributed by atoms with van der Waals surface area (Å²) in [7, 11) is 0. The molecule has 1 amide bonds. The highest BCUT2D eigenvalue weighted by molar-refractivity contribution is 5.79. The molecule has 1 saturated heterocycles. The number of hydrogen-bond acceptors (Lipinski definition) is 4. The molecule has 2 atom stereocenters. The van der Waals surface area contributed by atoms with Gasteiger partial charge in [0.2, 0.25) is 5.91 Å². The maximum Gasteiger partial charge on any atom is 0.224 e. The minimum Gasteiger partial charge on any atom is -0.356 e. The van der Waals surface area contributed by atoms with Crippen LogP contribution in [0.1, 0.15) is 13.3 Å². The largest absolute Gasteiger partial charge is 0.356 e. The van der Waals surface area contributed by atoms with Gasteiger partial charge >= 0.3 is 0 Å². The Morgan fingerprint density at radius 1 is 1.59 bits per heavy atom. The molecule has 17 heavy (non-hydrogen) atoms. The molecule has 0 aromatic carbocycles. The highest BCUT2D eigenvalue weighted by Crippen LogP contribution is 2.15. The molecule has 6 nitrogen and oxygen atoms in total. The van der Waals surface area contributed by atoms with Crippen molar-refractivity contribution in [2.24, 2.45) is 11.8 Å². The number of aromatic nitrogens is 3. The molecule has 0 bridgehead atoms. The first-order valence-electron chi connectivity index (χ1n) is 6.10. The lowest BCUT2D eigenvalue weighted by Crippen LogP contribution is -2.35. The van der Waals surface area contributed by atoms with Gasteiger partial charge in [-0.2, -0.15) is 0 Å². The Hall–Kier alpha value is -1.43. The predicted molar refractivity (Wildman–Crippen MR) is 63.2 cm³/mol. The minimum absolute atomic E-state index is 0.126. The van der Waals surface area contributed by atoms with Crippen LogP contribution in [0.4, 0.5) is 0 Å². The SMILES string of the molecule is C[C@@H]1CNC[C@H]1C(=O)NCCCn1ccnn1. The number of rotatable bonds is 5. The number of nitrogens with zero attached hydrogens (tertiary/aromatic N) is 3. The molecule has 1 aromatic heterocycles. The quantitative estimate of drug-likeness (QED) is 0.686. The van der Waals surface area contributed by atoms with E-state index < -0.39 is 0 Å². The maximum absolute atomic E-state index is 11.8. The lowest BCUT2D eigenvalue weighted by Gasteiger charge is -2.13. The molecule has 0 radical (unpaired) electrons. The van der Waals surface area contributed by atoms with E-state index in [1.807, 2.05) is 6.20 Å². The summed E-state index contributed by atoms with van der Waals surface area (Å²) in [6.45, 7) is 5.34. The first-order chi connectivity index (χ1) is 8.27. The zero-order chi connectivity index (χ0) is 12.1. The Kier molecular flexibility index (Phi) is 4.08. The van der Waals surface area contributed by atoms with E-state index in [-0.39, 0.29) is 11.8 Å². The molecule has 0 saturated carbocycles. The van der Waals surface area contributed by atoms with E-state index in [1.54, 1.807) is 10.9 Å².